The van der Waals surface area contributed by atoms with Crippen molar-refractivity contribution >= 4 is 42.2 Å². The maximum atomic E-state index is 13.6. The molecule has 2 rings (SSSR count). The van der Waals surface area contributed by atoms with Crippen LogP contribution in [0, 0.1) is 0 Å². The minimum absolute atomic E-state index is 0.115. The van der Waals surface area contributed by atoms with Gasteiger partial charge in [0.15, 0.2) is 0 Å². The number of carboxylic acid groups (broad SMARTS) is 1. The summed E-state index contributed by atoms with van der Waals surface area (Å²) >= 11 is 5.84. The van der Waals surface area contributed by atoms with Gasteiger partial charge < -0.3 is 16.2 Å². The van der Waals surface area contributed by atoms with E-state index in [0.29, 0.717) is 18.7 Å². The Kier molecular flexibility index (Phi) is 8.01. The van der Waals surface area contributed by atoms with Crippen molar-refractivity contribution < 1.29 is 19.5 Å². The maximum absolute atomic E-state index is 13.6. The van der Waals surface area contributed by atoms with Crippen LogP contribution in [0.4, 0.5) is 0 Å². The standard InChI is InChI=1S/C21H31N3O4S2/c1-20(2,29)16(22)18(26)24(21(3,19(27)28)9-10-30-4)17(25)15-11-13-7-5-6-8-14(13)12-23-15/h5-8,15-16,23,29H,9-12,22H2,1-4H3,(H,27,28)/t15-,16?,21?/m0/s1. The number of aliphatic carboxylic acids is 1. The summed E-state index contributed by atoms with van der Waals surface area (Å²) in [4.78, 5) is 40.1. The van der Waals surface area contributed by atoms with E-state index in [1.165, 1.54) is 18.7 Å². The van der Waals surface area contributed by atoms with Crippen LogP contribution in [0.2, 0.25) is 0 Å². The van der Waals surface area contributed by atoms with Crippen molar-refractivity contribution in [2.24, 2.45) is 5.73 Å². The zero-order valence-corrected chi connectivity index (χ0v) is 19.6. The quantitative estimate of drug-likeness (QED) is 0.443. The van der Waals surface area contributed by atoms with Crippen molar-refractivity contribution in [3.05, 3.63) is 35.4 Å². The second-order valence-electron chi connectivity index (χ2n) is 8.37. The van der Waals surface area contributed by atoms with E-state index < -0.39 is 40.2 Å². The first-order chi connectivity index (χ1) is 13.9. The molecular weight excluding hydrogens is 422 g/mol. The number of carbonyl (C=O) groups is 3. The van der Waals surface area contributed by atoms with Gasteiger partial charge in [-0.1, -0.05) is 24.3 Å². The van der Waals surface area contributed by atoms with E-state index >= 15 is 0 Å². The van der Waals surface area contributed by atoms with Gasteiger partial charge in [0.25, 0.3) is 0 Å². The van der Waals surface area contributed by atoms with Crippen LogP contribution >= 0.6 is 24.4 Å². The fourth-order valence-electron chi connectivity index (χ4n) is 3.44. The normalized spacial score (nSPS) is 19.3. The number of hydrogen-bond acceptors (Lipinski definition) is 7. The molecule has 7 nitrogen and oxygen atoms in total. The number of imide groups is 1. The Bertz CT molecular complexity index is 812. The largest absolute Gasteiger partial charge is 0.479 e. The fourth-order valence-corrected chi connectivity index (χ4v) is 4.15. The summed E-state index contributed by atoms with van der Waals surface area (Å²) < 4.78 is -0.929. The highest BCUT2D eigenvalue weighted by molar-refractivity contribution is 7.98. The molecule has 0 fully saturated rings. The van der Waals surface area contributed by atoms with Crippen molar-refractivity contribution in [3.8, 4) is 0 Å². The molecule has 3 atom stereocenters. The number of nitrogens with one attached hydrogen (secondary N) is 1. The monoisotopic (exact) mass is 453 g/mol. The molecule has 1 aliphatic heterocycles. The van der Waals surface area contributed by atoms with Crippen LogP contribution in [0.1, 0.15) is 38.3 Å². The summed E-state index contributed by atoms with van der Waals surface area (Å²) in [6.45, 7) is 5.20. The van der Waals surface area contributed by atoms with Crippen LogP contribution in [0.5, 0.6) is 0 Å². The first-order valence-corrected chi connectivity index (χ1v) is 11.7. The SMILES string of the molecule is CSCCC(C)(C(=O)O)N(C(=O)C(N)C(C)(C)S)C(=O)[C@@H]1Cc2ccccc2CN1. The third kappa shape index (κ3) is 5.19. The van der Waals surface area contributed by atoms with Crippen LogP contribution in [-0.2, 0) is 27.3 Å². The van der Waals surface area contributed by atoms with E-state index in [1.54, 1.807) is 13.8 Å². The smallest absolute Gasteiger partial charge is 0.329 e. The molecule has 2 unspecified atom stereocenters. The average molecular weight is 454 g/mol. The second-order valence-corrected chi connectivity index (χ2v) is 10.5. The van der Waals surface area contributed by atoms with Gasteiger partial charge in [-0.15, -0.1) is 0 Å². The number of amides is 2. The minimum Gasteiger partial charge on any atom is -0.479 e. The van der Waals surface area contributed by atoms with Gasteiger partial charge >= 0.3 is 5.97 Å². The number of carbonyl (C=O) groups excluding carboxylic acids is 2. The highest BCUT2D eigenvalue weighted by Crippen LogP contribution is 2.28. The molecule has 1 aromatic carbocycles. The lowest BCUT2D eigenvalue weighted by atomic mass is 9.90. The van der Waals surface area contributed by atoms with Crippen LogP contribution in [0.25, 0.3) is 0 Å². The van der Waals surface area contributed by atoms with Crippen LogP contribution in [0.3, 0.4) is 0 Å². The molecule has 1 aliphatic rings. The molecule has 0 bridgehead atoms. The third-order valence-corrected chi connectivity index (χ3v) is 6.49. The van der Waals surface area contributed by atoms with E-state index in [2.05, 4.69) is 17.9 Å². The summed E-state index contributed by atoms with van der Waals surface area (Å²) in [5, 5.41) is 13.2. The summed E-state index contributed by atoms with van der Waals surface area (Å²) in [6, 6.07) is 5.88. The molecule has 30 heavy (non-hydrogen) atoms. The highest BCUT2D eigenvalue weighted by atomic mass is 32.2. The number of fused-ring (bicyclic) bond motifs is 1. The van der Waals surface area contributed by atoms with Crippen molar-refractivity contribution in [3.63, 3.8) is 0 Å². The Balaban J connectivity index is 2.45. The Morgan fingerprint density at radius 3 is 2.43 bits per heavy atom. The molecule has 0 saturated carbocycles. The van der Waals surface area contributed by atoms with E-state index in [9.17, 15) is 19.5 Å². The molecule has 4 N–H and O–H groups in total. The van der Waals surface area contributed by atoms with Gasteiger partial charge in [-0.3, -0.25) is 14.5 Å². The molecule has 0 radical (unpaired) electrons. The van der Waals surface area contributed by atoms with Gasteiger partial charge in [0.1, 0.15) is 5.54 Å². The van der Waals surface area contributed by atoms with Gasteiger partial charge in [0.2, 0.25) is 11.8 Å². The Labute approximate surface area is 187 Å². The Morgan fingerprint density at radius 2 is 1.90 bits per heavy atom. The number of benzene rings is 1. The molecule has 0 aromatic heterocycles. The molecule has 166 valence electrons. The summed E-state index contributed by atoms with van der Waals surface area (Å²) in [7, 11) is 0. The summed E-state index contributed by atoms with van der Waals surface area (Å²) in [5.41, 5.74) is 6.49. The molecule has 1 aromatic rings. The van der Waals surface area contributed by atoms with Gasteiger partial charge in [-0.25, -0.2) is 4.79 Å². The molecule has 0 spiro atoms. The third-order valence-electron chi connectivity index (χ3n) is 5.59. The van der Waals surface area contributed by atoms with Gasteiger partial charge in [0.05, 0.1) is 12.1 Å². The molecule has 0 saturated heterocycles. The van der Waals surface area contributed by atoms with Crippen LogP contribution in [-0.4, -0.2) is 62.2 Å². The number of carboxylic acids is 1. The first-order valence-electron chi connectivity index (χ1n) is 9.82. The fraction of sp³-hybridized carbons (Fsp3) is 0.571. The summed E-state index contributed by atoms with van der Waals surface area (Å²) in [5.74, 6) is -2.07. The van der Waals surface area contributed by atoms with Gasteiger partial charge in [0, 0.05) is 11.3 Å². The van der Waals surface area contributed by atoms with Crippen molar-refractivity contribution in [1.82, 2.24) is 10.2 Å². The zero-order valence-electron chi connectivity index (χ0n) is 17.8. The van der Waals surface area contributed by atoms with Crippen LogP contribution < -0.4 is 11.1 Å². The lowest BCUT2D eigenvalue weighted by molar-refractivity contribution is -0.167. The second kappa shape index (κ2) is 9.72. The number of hydrogen-bond donors (Lipinski definition) is 4. The van der Waals surface area contributed by atoms with E-state index in [0.717, 1.165) is 16.0 Å². The minimum atomic E-state index is -1.72. The summed E-state index contributed by atoms with van der Waals surface area (Å²) in [6.07, 6.45) is 2.33. The average Bonchev–Trinajstić information content (AvgIpc) is 2.70. The molecule has 0 aliphatic carbocycles. The lowest BCUT2D eigenvalue weighted by Crippen LogP contribution is -2.67. The number of thiol groups is 1. The first kappa shape index (κ1) is 24.7. The molecule has 9 heteroatoms. The topological polar surface area (TPSA) is 113 Å². The van der Waals surface area contributed by atoms with Crippen LogP contribution in [0.15, 0.2) is 24.3 Å². The Morgan fingerprint density at radius 1 is 1.30 bits per heavy atom. The van der Waals surface area contributed by atoms with E-state index in [4.69, 9.17) is 5.73 Å². The van der Waals surface area contributed by atoms with Gasteiger partial charge in [-0.2, -0.15) is 24.4 Å². The number of nitrogens with zero attached hydrogens (tertiary/aromatic N) is 1. The van der Waals surface area contributed by atoms with Crippen molar-refractivity contribution in [2.45, 2.75) is 62.5 Å². The Hall–Kier alpha value is -1.55. The molecule has 1 heterocycles. The maximum Gasteiger partial charge on any atom is 0.329 e. The zero-order chi connectivity index (χ0) is 22.7. The molecule has 2 amide bonds. The predicted molar refractivity (Wildman–Crippen MR) is 123 cm³/mol. The lowest BCUT2D eigenvalue weighted by Gasteiger charge is -2.42. The van der Waals surface area contributed by atoms with Gasteiger partial charge in [-0.05, 0) is 56.7 Å². The number of thioether (sulfide) groups is 1. The number of rotatable bonds is 8. The molecular formula is C21H31N3O4S2. The number of nitrogens with two attached hydrogens (primary N) is 1. The van der Waals surface area contributed by atoms with Crippen molar-refractivity contribution in [2.75, 3.05) is 12.0 Å². The van der Waals surface area contributed by atoms with E-state index in [-0.39, 0.29) is 6.42 Å². The highest BCUT2D eigenvalue weighted by Gasteiger charge is 2.50. The van der Waals surface area contributed by atoms with E-state index in [1.807, 2.05) is 30.5 Å². The van der Waals surface area contributed by atoms with Crippen molar-refractivity contribution in [1.29, 1.82) is 0 Å². The predicted octanol–water partition coefficient (Wildman–Crippen LogP) is 1.69.